The largest absolute Gasteiger partial charge is 0.506 e. The van der Waals surface area contributed by atoms with E-state index < -0.39 is 0 Å². The van der Waals surface area contributed by atoms with Gasteiger partial charge in [-0.3, -0.25) is 4.79 Å². The van der Waals surface area contributed by atoms with Crippen molar-refractivity contribution in [3.8, 4) is 5.75 Å². The Bertz CT molecular complexity index is 1180. The first-order valence-electron chi connectivity index (χ1n) is 8.70. The zero-order chi connectivity index (χ0) is 18.5. The second-order valence-electron chi connectivity index (χ2n) is 6.71. The summed E-state index contributed by atoms with van der Waals surface area (Å²) in [6.45, 7) is 0. The van der Waals surface area contributed by atoms with Crippen LogP contribution >= 0.6 is 0 Å². The number of nitrogens with zero attached hydrogens (tertiary/aromatic N) is 3. The van der Waals surface area contributed by atoms with Gasteiger partial charge in [0.05, 0.1) is 23.2 Å². The van der Waals surface area contributed by atoms with Crippen LogP contribution < -0.4 is 16.4 Å². The van der Waals surface area contributed by atoms with Crippen LogP contribution in [-0.2, 0) is 7.05 Å². The van der Waals surface area contributed by atoms with E-state index in [1.54, 1.807) is 13.1 Å². The highest BCUT2D eigenvalue weighted by atomic mass is 16.3. The molecule has 2 atom stereocenters. The molecule has 2 aliphatic heterocycles. The molecule has 0 spiro atoms. The number of rotatable bonds is 2. The van der Waals surface area contributed by atoms with E-state index in [9.17, 15) is 9.90 Å². The van der Waals surface area contributed by atoms with Crippen LogP contribution in [0.25, 0.3) is 10.9 Å². The number of para-hydroxylation sites is 1. The summed E-state index contributed by atoms with van der Waals surface area (Å²) in [4.78, 5) is 13.1. The number of aryl methyl sites for hydroxylation is 1. The van der Waals surface area contributed by atoms with Gasteiger partial charge in [-0.05, 0) is 17.7 Å². The average molecular weight is 359 g/mol. The number of aromatic nitrogens is 1. The first kappa shape index (κ1) is 15.8. The van der Waals surface area contributed by atoms with E-state index in [1.807, 2.05) is 48.5 Å². The summed E-state index contributed by atoms with van der Waals surface area (Å²) in [7, 11) is 1.70. The molecule has 134 valence electrons. The lowest BCUT2D eigenvalue weighted by Gasteiger charge is -2.19. The molecular weight excluding hydrogens is 342 g/mol. The average Bonchev–Trinajstić information content (AvgIpc) is 3.30. The number of hydrogen-bond donors (Lipinski definition) is 3. The topological polar surface area (TPSA) is 91.0 Å². The van der Waals surface area contributed by atoms with Crippen LogP contribution in [0.3, 0.4) is 0 Å². The van der Waals surface area contributed by atoms with E-state index in [2.05, 4.69) is 21.1 Å². The summed E-state index contributed by atoms with van der Waals surface area (Å²) in [5.41, 5.74) is 8.37. The molecule has 0 bridgehead atoms. The van der Waals surface area contributed by atoms with E-state index in [0.717, 1.165) is 5.56 Å². The fourth-order valence-electron chi connectivity index (χ4n) is 3.87. The highest BCUT2D eigenvalue weighted by molar-refractivity contribution is 6.20. The van der Waals surface area contributed by atoms with E-state index >= 15 is 0 Å². The van der Waals surface area contributed by atoms with Crippen molar-refractivity contribution in [2.75, 3.05) is 0 Å². The van der Waals surface area contributed by atoms with Gasteiger partial charge in [0, 0.05) is 12.4 Å². The third-order valence-corrected chi connectivity index (χ3v) is 5.23. The number of amidine groups is 1. The minimum absolute atomic E-state index is 0.0531. The van der Waals surface area contributed by atoms with Crippen LogP contribution in [0.2, 0.25) is 0 Å². The molecule has 1 fully saturated rings. The number of hydrogen-bond acceptors (Lipinski definition) is 6. The second kappa shape index (κ2) is 5.78. The molecule has 0 aliphatic carbocycles. The van der Waals surface area contributed by atoms with Crippen LogP contribution in [0.15, 0.2) is 69.6 Å². The van der Waals surface area contributed by atoms with Crippen LogP contribution in [0, 0.1) is 5.92 Å². The zero-order valence-electron chi connectivity index (χ0n) is 14.5. The first-order chi connectivity index (χ1) is 13.2. The van der Waals surface area contributed by atoms with Crippen LogP contribution in [0.5, 0.6) is 5.75 Å². The van der Waals surface area contributed by atoms with Gasteiger partial charge in [-0.1, -0.05) is 42.5 Å². The van der Waals surface area contributed by atoms with Gasteiger partial charge in [-0.2, -0.15) is 5.10 Å². The molecule has 2 aliphatic rings. The molecule has 3 aromatic rings. The molecule has 7 nitrogen and oxygen atoms in total. The van der Waals surface area contributed by atoms with Gasteiger partial charge in [-0.15, -0.1) is 5.10 Å². The molecule has 0 radical (unpaired) electrons. The minimum atomic E-state index is -0.292. The summed E-state index contributed by atoms with van der Waals surface area (Å²) in [6.07, 6.45) is 0. The first-order valence-corrected chi connectivity index (χ1v) is 8.70. The molecule has 1 saturated heterocycles. The number of fused-ring (bicyclic) bond motifs is 2. The Morgan fingerprint density at radius 3 is 2.59 bits per heavy atom. The Balaban J connectivity index is 1.69. The van der Waals surface area contributed by atoms with Crippen molar-refractivity contribution in [3.05, 3.63) is 76.1 Å². The fraction of sp³-hybridized carbons (Fsp3) is 0.150. The number of hydrazine groups is 1. The lowest BCUT2D eigenvalue weighted by molar-refractivity contribution is 0.477. The van der Waals surface area contributed by atoms with E-state index in [0.29, 0.717) is 22.5 Å². The maximum absolute atomic E-state index is 13.1. The standard InChI is InChI=1S/C20H17N5O2/c1-25-13-10-6-5-9-12(13)18(26)15(20(25)27)17-14-16(11-7-3-2-4-8-11)21-23-19(14)24-22-17/h2-10,14,16,21,26H,1H3,(H,23,24)/t14-,16-/m0/s1. The lowest BCUT2D eigenvalue weighted by Crippen LogP contribution is -2.32. The zero-order valence-corrected chi connectivity index (χ0v) is 14.5. The molecule has 0 amide bonds. The molecule has 2 aromatic carbocycles. The molecule has 3 heterocycles. The summed E-state index contributed by atoms with van der Waals surface area (Å²) in [6, 6.07) is 17.0. The van der Waals surface area contributed by atoms with E-state index in [1.165, 1.54) is 4.57 Å². The highest BCUT2D eigenvalue weighted by Gasteiger charge is 2.43. The lowest BCUT2D eigenvalue weighted by atomic mass is 9.87. The fourth-order valence-corrected chi connectivity index (χ4v) is 3.87. The second-order valence-corrected chi connectivity index (χ2v) is 6.71. The molecule has 5 rings (SSSR count). The van der Waals surface area contributed by atoms with E-state index in [4.69, 9.17) is 0 Å². The molecule has 7 heteroatoms. The van der Waals surface area contributed by atoms with Crippen molar-refractivity contribution >= 4 is 22.5 Å². The minimum Gasteiger partial charge on any atom is -0.506 e. The third kappa shape index (κ3) is 2.22. The predicted molar refractivity (Wildman–Crippen MR) is 104 cm³/mol. The van der Waals surface area contributed by atoms with E-state index in [-0.39, 0.29) is 28.8 Å². The Kier molecular flexibility index (Phi) is 3.38. The number of aromatic hydroxyl groups is 1. The van der Waals surface area contributed by atoms with Gasteiger partial charge < -0.3 is 15.1 Å². The Hall–Kier alpha value is -3.45. The normalized spacial score (nSPS) is 20.9. The van der Waals surface area contributed by atoms with Crippen molar-refractivity contribution in [2.45, 2.75) is 6.04 Å². The quantitative estimate of drug-likeness (QED) is 0.651. The SMILES string of the molecule is Cn1c(=O)c(C2=NN=C3NN[C@@H](c4ccccc4)[C@H]32)c(O)c2ccccc21. The molecular formula is C20H17N5O2. The van der Waals surface area contributed by atoms with Gasteiger partial charge in [0.1, 0.15) is 17.1 Å². The van der Waals surface area contributed by atoms with Crippen molar-refractivity contribution in [1.29, 1.82) is 0 Å². The van der Waals surface area contributed by atoms with Gasteiger partial charge in [0.25, 0.3) is 5.56 Å². The smallest absolute Gasteiger partial charge is 0.263 e. The number of nitrogens with one attached hydrogen (secondary N) is 2. The molecule has 1 aromatic heterocycles. The summed E-state index contributed by atoms with van der Waals surface area (Å²) in [5, 5.41) is 20.0. The maximum atomic E-state index is 13.1. The van der Waals surface area contributed by atoms with Gasteiger partial charge in [-0.25, -0.2) is 5.43 Å². The summed E-state index contributed by atoms with van der Waals surface area (Å²) < 4.78 is 1.54. The van der Waals surface area contributed by atoms with Crippen LogP contribution in [0.4, 0.5) is 0 Å². The molecule has 3 N–H and O–H groups in total. The van der Waals surface area contributed by atoms with Crippen LogP contribution in [-0.4, -0.2) is 21.2 Å². The van der Waals surface area contributed by atoms with Crippen molar-refractivity contribution < 1.29 is 5.11 Å². The van der Waals surface area contributed by atoms with Crippen molar-refractivity contribution in [3.63, 3.8) is 0 Å². The highest BCUT2D eigenvalue weighted by Crippen LogP contribution is 2.35. The van der Waals surface area contributed by atoms with Gasteiger partial charge >= 0.3 is 0 Å². The van der Waals surface area contributed by atoms with Gasteiger partial charge in [0.15, 0.2) is 0 Å². The number of benzene rings is 2. The molecule has 0 saturated carbocycles. The Morgan fingerprint density at radius 2 is 1.78 bits per heavy atom. The van der Waals surface area contributed by atoms with Crippen molar-refractivity contribution in [2.24, 2.45) is 23.2 Å². The Morgan fingerprint density at radius 1 is 1.04 bits per heavy atom. The van der Waals surface area contributed by atoms with Crippen molar-refractivity contribution in [1.82, 2.24) is 15.4 Å². The third-order valence-electron chi connectivity index (χ3n) is 5.23. The monoisotopic (exact) mass is 359 g/mol. The molecule has 27 heavy (non-hydrogen) atoms. The predicted octanol–water partition coefficient (Wildman–Crippen LogP) is 1.83. The number of pyridine rings is 1. The Labute approximate surface area is 154 Å². The summed E-state index contributed by atoms with van der Waals surface area (Å²) in [5.74, 6) is 0.322. The van der Waals surface area contributed by atoms with Crippen LogP contribution in [0.1, 0.15) is 17.2 Å². The maximum Gasteiger partial charge on any atom is 0.263 e. The van der Waals surface area contributed by atoms with Gasteiger partial charge in [0.2, 0.25) is 0 Å². The summed E-state index contributed by atoms with van der Waals surface area (Å²) >= 11 is 0. The molecule has 0 unspecified atom stereocenters.